The van der Waals surface area contributed by atoms with Crippen LogP contribution in [0.15, 0.2) is 42.5 Å². The van der Waals surface area contributed by atoms with Crippen molar-refractivity contribution in [2.75, 3.05) is 24.6 Å². The second-order valence-electron chi connectivity index (χ2n) is 7.01. The highest BCUT2D eigenvalue weighted by Crippen LogP contribution is 2.42. The van der Waals surface area contributed by atoms with E-state index in [1.807, 2.05) is 25.1 Å². The molecule has 1 aliphatic carbocycles. The summed E-state index contributed by atoms with van der Waals surface area (Å²) in [5.41, 5.74) is 1.09. The number of nitrogens with zero attached hydrogens (tertiary/aromatic N) is 3. The number of aromatic nitrogens is 2. The van der Waals surface area contributed by atoms with Crippen LogP contribution in [-0.2, 0) is 9.53 Å². The van der Waals surface area contributed by atoms with E-state index < -0.39 is 0 Å². The number of hydrogen-bond acceptors (Lipinski definition) is 6. The van der Waals surface area contributed by atoms with Crippen LogP contribution in [0.3, 0.4) is 0 Å². The zero-order chi connectivity index (χ0) is 18.1. The number of allylic oxidation sites excluding steroid dienone is 1. The first-order valence-corrected chi connectivity index (χ1v) is 9.98. The Balaban J connectivity index is 1.54. The first-order valence-electron chi connectivity index (χ1n) is 9.16. The fraction of sp³-hybridized carbons (Fsp3) is 0.450. The fourth-order valence-corrected chi connectivity index (χ4v) is 4.96. The van der Waals surface area contributed by atoms with Crippen LogP contribution >= 0.6 is 11.3 Å². The molecular weight excluding hydrogens is 346 g/mol. The summed E-state index contributed by atoms with van der Waals surface area (Å²) >= 11 is 1.61. The molecule has 0 spiro atoms. The monoisotopic (exact) mass is 369 g/mol. The molecule has 1 aromatic carbocycles. The van der Waals surface area contributed by atoms with Gasteiger partial charge in [0.15, 0.2) is 0 Å². The Labute approximate surface area is 157 Å². The second kappa shape index (κ2) is 7.19. The fourth-order valence-electron chi connectivity index (χ4n) is 4.09. The van der Waals surface area contributed by atoms with Gasteiger partial charge in [-0.05, 0) is 24.7 Å². The van der Waals surface area contributed by atoms with E-state index in [1.165, 1.54) is 0 Å². The van der Waals surface area contributed by atoms with E-state index in [1.54, 1.807) is 11.3 Å². The molecule has 5 nitrogen and oxygen atoms in total. The highest BCUT2D eigenvalue weighted by molar-refractivity contribution is 7.18. The Bertz CT molecular complexity index is 804. The Morgan fingerprint density at radius 1 is 1.23 bits per heavy atom. The number of carbonyl (C=O) groups is 1. The van der Waals surface area contributed by atoms with Crippen molar-refractivity contribution in [3.63, 3.8) is 0 Å². The molecule has 1 aliphatic heterocycles. The molecule has 0 radical (unpaired) electrons. The number of ether oxygens (including phenoxy) is 1. The molecule has 2 aromatic rings. The number of esters is 1. The van der Waals surface area contributed by atoms with Gasteiger partial charge in [0.25, 0.3) is 0 Å². The quantitative estimate of drug-likeness (QED) is 0.608. The smallest absolute Gasteiger partial charge is 0.309 e. The molecule has 1 fully saturated rings. The molecule has 1 saturated heterocycles. The van der Waals surface area contributed by atoms with Gasteiger partial charge in [-0.15, -0.1) is 10.2 Å². The summed E-state index contributed by atoms with van der Waals surface area (Å²) in [6.07, 6.45) is 4.44. The average Bonchev–Trinajstić information content (AvgIpc) is 3.29. The van der Waals surface area contributed by atoms with Crippen LogP contribution in [0.5, 0.6) is 0 Å². The van der Waals surface area contributed by atoms with Crippen LogP contribution in [0.2, 0.25) is 0 Å². The van der Waals surface area contributed by atoms with Crippen molar-refractivity contribution in [2.45, 2.75) is 13.8 Å². The van der Waals surface area contributed by atoms with Gasteiger partial charge >= 0.3 is 5.97 Å². The molecule has 4 rings (SSSR count). The van der Waals surface area contributed by atoms with Gasteiger partial charge in [-0.1, -0.05) is 60.7 Å². The molecule has 0 amide bonds. The summed E-state index contributed by atoms with van der Waals surface area (Å²) in [5, 5.41) is 10.6. The summed E-state index contributed by atoms with van der Waals surface area (Å²) < 4.78 is 5.35. The molecule has 6 heteroatoms. The minimum absolute atomic E-state index is 0.0663. The van der Waals surface area contributed by atoms with Gasteiger partial charge in [-0.25, -0.2) is 0 Å². The van der Waals surface area contributed by atoms with Crippen molar-refractivity contribution in [1.29, 1.82) is 0 Å². The van der Waals surface area contributed by atoms with Crippen LogP contribution in [-0.4, -0.2) is 35.9 Å². The Morgan fingerprint density at radius 3 is 2.81 bits per heavy atom. The topological polar surface area (TPSA) is 55.3 Å². The first-order chi connectivity index (χ1) is 12.7. The molecular formula is C20H23N3O2S. The molecule has 0 unspecified atom stereocenters. The summed E-state index contributed by atoms with van der Waals surface area (Å²) in [6, 6.07) is 10.1. The highest BCUT2D eigenvalue weighted by Gasteiger charge is 2.45. The predicted octanol–water partition coefficient (Wildman–Crippen LogP) is 3.64. The van der Waals surface area contributed by atoms with Crippen molar-refractivity contribution >= 4 is 22.4 Å². The zero-order valence-electron chi connectivity index (χ0n) is 15.0. The van der Waals surface area contributed by atoms with Gasteiger partial charge in [0.2, 0.25) is 5.13 Å². The van der Waals surface area contributed by atoms with E-state index in [-0.39, 0.29) is 23.7 Å². The third-order valence-electron chi connectivity index (χ3n) is 5.37. The number of benzene rings is 1. The number of fused-ring (bicyclic) bond motifs is 1. The molecule has 1 aromatic heterocycles. The second-order valence-corrected chi connectivity index (χ2v) is 7.97. The van der Waals surface area contributed by atoms with E-state index in [2.05, 4.69) is 46.3 Å². The number of anilines is 1. The lowest BCUT2D eigenvalue weighted by Crippen LogP contribution is -2.37. The predicted molar refractivity (Wildman–Crippen MR) is 103 cm³/mol. The standard InChI is InChI=1S/C20H23N3O2S/c1-3-25-19(24)17-13(2)9-10-15-11-23(12-16(15)17)20-22-21-18(26-20)14-7-5-4-6-8-14/h4-10,13,15-17H,3,11-12H2,1-2H3/t13-,15-,16-,17-/m0/s1. The third kappa shape index (κ3) is 3.14. The largest absolute Gasteiger partial charge is 0.466 e. The third-order valence-corrected chi connectivity index (χ3v) is 6.40. The van der Waals surface area contributed by atoms with Crippen LogP contribution in [0.25, 0.3) is 10.6 Å². The minimum atomic E-state index is -0.0727. The maximum absolute atomic E-state index is 12.5. The van der Waals surface area contributed by atoms with Crippen molar-refractivity contribution in [2.24, 2.45) is 23.7 Å². The van der Waals surface area contributed by atoms with Crippen LogP contribution in [0.4, 0.5) is 5.13 Å². The van der Waals surface area contributed by atoms with Crippen LogP contribution < -0.4 is 4.90 Å². The number of carbonyl (C=O) groups excluding carboxylic acids is 1. The van der Waals surface area contributed by atoms with Gasteiger partial charge < -0.3 is 9.64 Å². The first kappa shape index (κ1) is 17.2. The van der Waals surface area contributed by atoms with E-state index in [0.29, 0.717) is 12.5 Å². The van der Waals surface area contributed by atoms with Crippen molar-refractivity contribution < 1.29 is 9.53 Å². The molecule has 0 N–H and O–H groups in total. The highest BCUT2D eigenvalue weighted by atomic mass is 32.1. The Morgan fingerprint density at radius 2 is 2.04 bits per heavy atom. The van der Waals surface area contributed by atoms with Gasteiger partial charge in [0, 0.05) is 18.7 Å². The summed E-state index contributed by atoms with van der Waals surface area (Å²) in [7, 11) is 0. The van der Waals surface area contributed by atoms with Gasteiger partial charge in [0.1, 0.15) is 5.01 Å². The van der Waals surface area contributed by atoms with E-state index in [4.69, 9.17) is 4.74 Å². The molecule has 0 saturated carbocycles. The van der Waals surface area contributed by atoms with Crippen molar-refractivity contribution in [3.05, 3.63) is 42.5 Å². The van der Waals surface area contributed by atoms with Crippen LogP contribution in [0.1, 0.15) is 13.8 Å². The van der Waals surface area contributed by atoms with Gasteiger partial charge in [0.05, 0.1) is 12.5 Å². The molecule has 136 valence electrons. The number of hydrogen-bond donors (Lipinski definition) is 0. The molecule has 26 heavy (non-hydrogen) atoms. The SMILES string of the molecule is CCOC(=O)[C@@H]1[C@H]2CN(c3nnc(-c4ccccc4)s3)C[C@@H]2C=C[C@@H]1C. The average molecular weight is 369 g/mol. The molecule has 2 heterocycles. The van der Waals surface area contributed by atoms with Crippen LogP contribution in [0, 0.1) is 23.7 Å². The molecule has 4 atom stereocenters. The van der Waals surface area contributed by atoms with E-state index in [0.717, 1.165) is 28.8 Å². The maximum Gasteiger partial charge on any atom is 0.309 e. The maximum atomic E-state index is 12.5. The van der Waals surface area contributed by atoms with Crippen molar-refractivity contribution in [3.8, 4) is 10.6 Å². The summed E-state index contributed by atoms with van der Waals surface area (Å²) in [6.45, 7) is 6.12. The normalized spacial score (nSPS) is 27.4. The lowest BCUT2D eigenvalue weighted by molar-refractivity contribution is -0.151. The lowest BCUT2D eigenvalue weighted by atomic mass is 9.72. The molecule has 0 bridgehead atoms. The van der Waals surface area contributed by atoms with Gasteiger partial charge in [-0.3, -0.25) is 4.79 Å². The minimum Gasteiger partial charge on any atom is -0.466 e. The zero-order valence-corrected chi connectivity index (χ0v) is 15.9. The van der Waals surface area contributed by atoms with Crippen molar-refractivity contribution in [1.82, 2.24) is 10.2 Å². The molecule has 2 aliphatic rings. The lowest BCUT2D eigenvalue weighted by Gasteiger charge is -2.31. The van der Waals surface area contributed by atoms with E-state index >= 15 is 0 Å². The Kier molecular flexibility index (Phi) is 4.76. The Hall–Kier alpha value is -2.21. The summed E-state index contributed by atoms with van der Waals surface area (Å²) in [4.78, 5) is 14.8. The van der Waals surface area contributed by atoms with E-state index in [9.17, 15) is 4.79 Å². The number of rotatable bonds is 4. The summed E-state index contributed by atoms with van der Waals surface area (Å²) in [5.74, 6) is 0.715. The van der Waals surface area contributed by atoms with Gasteiger partial charge in [-0.2, -0.15) is 0 Å².